The number of amides is 1. The SMILES string of the molecule is Cc1nc(SCC(=O)N2CCC(CC#N)C(F)(F)CC2)c(C#N)c(C)c1C. The van der Waals surface area contributed by atoms with Crippen molar-refractivity contribution in [1.82, 2.24) is 9.88 Å². The van der Waals surface area contributed by atoms with Gasteiger partial charge in [0.05, 0.1) is 17.4 Å². The highest BCUT2D eigenvalue weighted by Crippen LogP contribution is 2.36. The van der Waals surface area contributed by atoms with Gasteiger partial charge < -0.3 is 4.90 Å². The molecule has 1 unspecified atom stereocenters. The van der Waals surface area contributed by atoms with Crippen molar-refractivity contribution in [3.8, 4) is 12.1 Å². The van der Waals surface area contributed by atoms with Crippen LogP contribution in [0.25, 0.3) is 0 Å². The lowest BCUT2D eigenvalue weighted by molar-refractivity contribution is -0.128. The van der Waals surface area contributed by atoms with Crippen molar-refractivity contribution in [3.63, 3.8) is 0 Å². The lowest BCUT2D eigenvalue weighted by Crippen LogP contribution is -2.34. The third kappa shape index (κ3) is 4.75. The van der Waals surface area contributed by atoms with Crippen LogP contribution in [-0.2, 0) is 4.79 Å². The van der Waals surface area contributed by atoms with Crippen molar-refractivity contribution in [1.29, 1.82) is 10.5 Å². The molecule has 2 rings (SSSR count). The molecule has 0 aromatic carbocycles. The molecule has 8 heteroatoms. The van der Waals surface area contributed by atoms with E-state index >= 15 is 0 Å². The molecule has 1 aromatic heterocycles. The molecule has 0 N–H and O–H groups in total. The fourth-order valence-electron chi connectivity index (χ4n) is 3.10. The van der Waals surface area contributed by atoms with Gasteiger partial charge >= 0.3 is 0 Å². The quantitative estimate of drug-likeness (QED) is 0.729. The second kappa shape index (κ2) is 8.67. The summed E-state index contributed by atoms with van der Waals surface area (Å²) in [5.74, 6) is -4.16. The molecule has 0 spiro atoms. The van der Waals surface area contributed by atoms with Crippen molar-refractivity contribution >= 4 is 17.7 Å². The van der Waals surface area contributed by atoms with Crippen LogP contribution in [0.2, 0.25) is 0 Å². The maximum absolute atomic E-state index is 14.1. The minimum atomic E-state index is -2.93. The first-order chi connectivity index (χ1) is 12.7. The summed E-state index contributed by atoms with van der Waals surface area (Å²) in [6.45, 7) is 5.78. The van der Waals surface area contributed by atoms with E-state index in [4.69, 9.17) is 5.26 Å². The van der Waals surface area contributed by atoms with E-state index < -0.39 is 18.3 Å². The monoisotopic (exact) mass is 392 g/mol. The molecule has 144 valence electrons. The summed E-state index contributed by atoms with van der Waals surface area (Å²) in [4.78, 5) is 18.4. The first-order valence-corrected chi connectivity index (χ1v) is 9.73. The molecule has 1 amide bonds. The number of pyridine rings is 1. The number of likely N-dealkylation sites (tertiary alicyclic amines) is 1. The summed E-state index contributed by atoms with van der Waals surface area (Å²) in [5.41, 5.74) is 3.04. The number of aromatic nitrogens is 1. The molecule has 1 aliphatic rings. The summed E-state index contributed by atoms with van der Waals surface area (Å²) >= 11 is 1.16. The average molecular weight is 392 g/mol. The van der Waals surface area contributed by atoms with E-state index in [0.717, 1.165) is 28.6 Å². The normalized spacial score (nSPS) is 19.1. The Balaban J connectivity index is 2.07. The lowest BCUT2D eigenvalue weighted by Gasteiger charge is -2.21. The predicted octanol–water partition coefficient (Wildman–Crippen LogP) is 3.76. The van der Waals surface area contributed by atoms with Gasteiger partial charge in [0, 0.05) is 37.5 Å². The first-order valence-electron chi connectivity index (χ1n) is 8.74. The van der Waals surface area contributed by atoms with Crippen molar-refractivity contribution in [2.45, 2.75) is 51.0 Å². The number of alkyl halides is 2. The zero-order valence-electron chi connectivity index (χ0n) is 15.7. The molecular formula is C19H22F2N4OS. The Kier molecular flexibility index (Phi) is 6.78. The third-order valence-electron chi connectivity index (χ3n) is 5.16. The smallest absolute Gasteiger partial charge is 0.253 e. The van der Waals surface area contributed by atoms with Gasteiger partial charge in [0.2, 0.25) is 5.91 Å². The average Bonchev–Trinajstić information content (AvgIpc) is 2.77. The second-order valence-electron chi connectivity index (χ2n) is 6.77. The summed E-state index contributed by atoms with van der Waals surface area (Å²) in [6, 6.07) is 3.95. The van der Waals surface area contributed by atoms with Crippen molar-refractivity contribution in [3.05, 3.63) is 22.4 Å². The molecule has 2 heterocycles. The van der Waals surface area contributed by atoms with Gasteiger partial charge in [0.15, 0.2) is 0 Å². The van der Waals surface area contributed by atoms with Crippen LogP contribution >= 0.6 is 11.8 Å². The van der Waals surface area contributed by atoms with Crippen molar-refractivity contribution in [2.24, 2.45) is 5.92 Å². The minimum Gasteiger partial charge on any atom is -0.342 e. The van der Waals surface area contributed by atoms with Crippen LogP contribution in [0, 0.1) is 49.4 Å². The molecule has 1 aromatic rings. The molecule has 1 aliphatic heterocycles. The predicted molar refractivity (Wildman–Crippen MR) is 98.4 cm³/mol. The lowest BCUT2D eigenvalue weighted by atomic mass is 9.94. The Morgan fingerprint density at radius 2 is 2.00 bits per heavy atom. The van der Waals surface area contributed by atoms with Crippen molar-refractivity contribution < 1.29 is 13.6 Å². The zero-order valence-corrected chi connectivity index (χ0v) is 16.5. The largest absolute Gasteiger partial charge is 0.342 e. The van der Waals surface area contributed by atoms with E-state index in [2.05, 4.69) is 11.1 Å². The van der Waals surface area contributed by atoms with E-state index in [1.54, 1.807) is 0 Å². The number of halogens is 2. The molecule has 0 saturated carbocycles. The van der Waals surface area contributed by atoms with Crippen LogP contribution in [0.3, 0.4) is 0 Å². The molecule has 1 atom stereocenters. The Hall–Kier alpha value is -2.19. The topological polar surface area (TPSA) is 80.8 Å². The number of nitrogens with zero attached hydrogens (tertiary/aromatic N) is 4. The molecule has 27 heavy (non-hydrogen) atoms. The van der Waals surface area contributed by atoms with E-state index in [1.165, 1.54) is 4.90 Å². The van der Waals surface area contributed by atoms with Crippen LogP contribution in [0.4, 0.5) is 8.78 Å². The zero-order chi connectivity index (χ0) is 20.2. The number of hydrogen-bond acceptors (Lipinski definition) is 5. The number of rotatable bonds is 4. The summed E-state index contributed by atoms with van der Waals surface area (Å²) in [5, 5.41) is 18.6. The van der Waals surface area contributed by atoms with Gasteiger partial charge in [-0.15, -0.1) is 0 Å². The van der Waals surface area contributed by atoms with Gasteiger partial charge in [-0.05, 0) is 38.3 Å². The number of hydrogen-bond donors (Lipinski definition) is 0. The van der Waals surface area contributed by atoms with Gasteiger partial charge in [0.1, 0.15) is 11.1 Å². The van der Waals surface area contributed by atoms with Crippen LogP contribution < -0.4 is 0 Å². The van der Waals surface area contributed by atoms with Gasteiger partial charge in [-0.1, -0.05) is 11.8 Å². The molecule has 0 bridgehead atoms. The highest BCUT2D eigenvalue weighted by atomic mass is 32.2. The highest BCUT2D eigenvalue weighted by molar-refractivity contribution is 8.00. The van der Waals surface area contributed by atoms with Gasteiger partial charge in [-0.25, -0.2) is 13.8 Å². The molecule has 5 nitrogen and oxygen atoms in total. The van der Waals surface area contributed by atoms with Gasteiger partial charge in [-0.3, -0.25) is 4.79 Å². The van der Waals surface area contributed by atoms with E-state index in [9.17, 15) is 18.8 Å². The molecule has 0 aliphatic carbocycles. The molecule has 0 radical (unpaired) electrons. The number of aryl methyl sites for hydroxylation is 1. The third-order valence-corrected chi connectivity index (χ3v) is 6.12. The Bertz CT molecular complexity index is 813. The maximum Gasteiger partial charge on any atom is 0.253 e. The fourth-order valence-corrected chi connectivity index (χ4v) is 4.09. The number of carbonyl (C=O) groups is 1. The standard InChI is InChI=1S/C19H22F2N4OS/c1-12-13(2)16(10-23)18(24-14(12)3)27-11-17(26)25-8-5-15(4-7-22)19(20,21)6-9-25/h15H,4-6,8-9,11H2,1-3H3. The maximum atomic E-state index is 14.1. The molecule has 1 fully saturated rings. The number of thioether (sulfide) groups is 1. The van der Waals surface area contributed by atoms with Crippen molar-refractivity contribution in [2.75, 3.05) is 18.8 Å². The van der Waals surface area contributed by atoms with Gasteiger partial charge in [-0.2, -0.15) is 10.5 Å². The van der Waals surface area contributed by atoms with Crippen LogP contribution in [-0.4, -0.2) is 40.6 Å². The van der Waals surface area contributed by atoms with Crippen LogP contribution in [0.1, 0.15) is 41.6 Å². The molecular weight excluding hydrogens is 370 g/mol. The molecule has 1 saturated heterocycles. The number of carbonyl (C=O) groups excluding carboxylic acids is 1. The highest BCUT2D eigenvalue weighted by Gasteiger charge is 2.42. The summed E-state index contributed by atoms with van der Waals surface area (Å²) in [6.07, 6.45) is -0.525. The van der Waals surface area contributed by atoms with Crippen LogP contribution in [0.5, 0.6) is 0 Å². The Labute approximate surface area is 162 Å². The van der Waals surface area contributed by atoms with E-state index in [-0.39, 0.29) is 37.6 Å². The van der Waals surface area contributed by atoms with E-state index in [1.807, 2.05) is 26.8 Å². The minimum absolute atomic E-state index is 0.0290. The Morgan fingerprint density at radius 1 is 1.30 bits per heavy atom. The summed E-state index contributed by atoms with van der Waals surface area (Å²) < 4.78 is 28.2. The fraction of sp³-hybridized carbons (Fsp3) is 0.579. The summed E-state index contributed by atoms with van der Waals surface area (Å²) in [7, 11) is 0. The van der Waals surface area contributed by atoms with Gasteiger partial charge in [0.25, 0.3) is 5.92 Å². The van der Waals surface area contributed by atoms with E-state index in [0.29, 0.717) is 10.6 Å². The second-order valence-corrected chi connectivity index (χ2v) is 7.73. The first kappa shape index (κ1) is 21.1. The number of nitriles is 2. The Morgan fingerprint density at radius 3 is 2.63 bits per heavy atom. The van der Waals surface area contributed by atoms with Crippen LogP contribution in [0.15, 0.2) is 5.03 Å².